The van der Waals surface area contributed by atoms with Crippen LogP contribution in [-0.2, 0) is 14.1 Å². The fourth-order valence-electron chi connectivity index (χ4n) is 5.52. The highest BCUT2D eigenvalue weighted by Crippen LogP contribution is 2.34. The van der Waals surface area contributed by atoms with Crippen LogP contribution in [0.1, 0.15) is 16.8 Å². The monoisotopic (exact) mass is 535 g/mol. The van der Waals surface area contributed by atoms with E-state index in [9.17, 15) is 9.59 Å². The highest BCUT2D eigenvalue weighted by Gasteiger charge is 2.22. The van der Waals surface area contributed by atoms with Gasteiger partial charge in [0.15, 0.2) is 0 Å². The van der Waals surface area contributed by atoms with Gasteiger partial charge in [-0.25, -0.2) is 9.48 Å². The van der Waals surface area contributed by atoms with Gasteiger partial charge >= 0.3 is 5.69 Å². The van der Waals surface area contributed by atoms with Crippen molar-refractivity contribution in [3.8, 4) is 5.69 Å². The molecule has 0 saturated carbocycles. The molecule has 0 aliphatic carbocycles. The molecular weight excluding hydrogens is 502 g/mol. The number of rotatable bonds is 5. The number of fused-ring (bicyclic) bond motifs is 1. The van der Waals surface area contributed by atoms with Gasteiger partial charge in [0.1, 0.15) is 0 Å². The number of aryl methyl sites for hydroxylation is 4. The summed E-state index contributed by atoms with van der Waals surface area (Å²) in [6.45, 7) is 7.25. The molecule has 2 aromatic heterocycles. The largest absolute Gasteiger partial charge is 0.368 e. The predicted molar refractivity (Wildman–Crippen MR) is 162 cm³/mol. The standard InChI is InChI=1S/C31H33N7O2/c1-21-9-8-12-24(17-21)38-30(39)25(22(2)33-38)20-32-26-18-28-29(35(4)31(40)34(28)3)19-27(26)37-15-13-36(14-16-37)23-10-6-5-7-11-23/h5-12,17-20,33H,13-16H2,1-4H3. The lowest BCUT2D eigenvalue weighted by molar-refractivity contribution is 0.654. The van der Waals surface area contributed by atoms with E-state index >= 15 is 0 Å². The van der Waals surface area contributed by atoms with Gasteiger partial charge < -0.3 is 9.80 Å². The maximum Gasteiger partial charge on any atom is 0.328 e. The summed E-state index contributed by atoms with van der Waals surface area (Å²) in [5.41, 5.74) is 7.40. The third-order valence-corrected chi connectivity index (χ3v) is 7.82. The lowest BCUT2D eigenvalue weighted by Gasteiger charge is -2.37. The summed E-state index contributed by atoms with van der Waals surface area (Å²) >= 11 is 0. The molecule has 0 bridgehead atoms. The lowest BCUT2D eigenvalue weighted by Crippen LogP contribution is -2.46. The Morgan fingerprint density at radius 3 is 2.12 bits per heavy atom. The number of imidazole rings is 1. The summed E-state index contributed by atoms with van der Waals surface area (Å²) in [7, 11) is 3.56. The van der Waals surface area contributed by atoms with Crippen molar-refractivity contribution < 1.29 is 0 Å². The van der Waals surface area contributed by atoms with Gasteiger partial charge in [0.25, 0.3) is 5.56 Å². The summed E-state index contributed by atoms with van der Waals surface area (Å²) < 4.78 is 4.86. The van der Waals surface area contributed by atoms with E-state index in [0.717, 1.165) is 65.5 Å². The van der Waals surface area contributed by atoms with Gasteiger partial charge in [-0.15, -0.1) is 0 Å². The maximum absolute atomic E-state index is 13.4. The molecule has 3 aromatic carbocycles. The van der Waals surface area contributed by atoms with Crippen molar-refractivity contribution in [1.82, 2.24) is 18.9 Å². The van der Waals surface area contributed by atoms with Gasteiger partial charge in [-0.05, 0) is 55.8 Å². The van der Waals surface area contributed by atoms with E-state index in [1.165, 1.54) is 5.69 Å². The number of nitrogens with one attached hydrogen (secondary N) is 1. The van der Waals surface area contributed by atoms with Crippen molar-refractivity contribution in [2.75, 3.05) is 36.0 Å². The number of nitrogens with zero attached hydrogens (tertiary/aromatic N) is 6. The first-order chi connectivity index (χ1) is 19.3. The average Bonchev–Trinajstić information content (AvgIpc) is 3.38. The number of benzene rings is 3. The van der Waals surface area contributed by atoms with Crippen molar-refractivity contribution in [3.05, 3.63) is 104 Å². The van der Waals surface area contributed by atoms with Crippen LogP contribution in [0.3, 0.4) is 0 Å². The predicted octanol–water partition coefficient (Wildman–Crippen LogP) is 4.05. The minimum atomic E-state index is -0.155. The van der Waals surface area contributed by atoms with Crippen molar-refractivity contribution in [2.24, 2.45) is 19.1 Å². The van der Waals surface area contributed by atoms with Crippen LogP contribution < -0.4 is 21.0 Å². The zero-order chi connectivity index (χ0) is 28.0. The minimum absolute atomic E-state index is 0.0847. The molecule has 1 aliphatic heterocycles. The molecule has 1 N–H and O–H groups in total. The molecule has 0 unspecified atom stereocenters. The summed E-state index contributed by atoms with van der Waals surface area (Å²) in [6.07, 6.45) is 1.65. The fraction of sp³-hybridized carbons (Fsp3) is 0.258. The van der Waals surface area contributed by atoms with Crippen LogP contribution in [0.25, 0.3) is 16.7 Å². The van der Waals surface area contributed by atoms with E-state index < -0.39 is 0 Å². The first-order valence-corrected chi connectivity index (χ1v) is 13.5. The van der Waals surface area contributed by atoms with Crippen LogP contribution in [0.4, 0.5) is 17.1 Å². The molecular formula is C31H33N7O2. The molecule has 0 atom stereocenters. The number of aromatic nitrogens is 4. The van der Waals surface area contributed by atoms with Crippen LogP contribution in [-0.4, -0.2) is 51.3 Å². The molecule has 0 spiro atoms. The molecule has 0 amide bonds. The number of hydrogen-bond acceptors (Lipinski definition) is 5. The lowest BCUT2D eigenvalue weighted by atomic mass is 10.1. The zero-order valence-corrected chi connectivity index (χ0v) is 23.3. The normalized spacial score (nSPS) is 14.1. The second kappa shape index (κ2) is 10.1. The van der Waals surface area contributed by atoms with Crippen molar-refractivity contribution >= 4 is 34.3 Å². The van der Waals surface area contributed by atoms with Crippen molar-refractivity contribution in [2.45, 2.75) is 13.8 Å². The van der Waals surface area contributed by atoms with Gasteiger partial charge in [0, 0.05) is 57.9 Å². The number of anilines is 2. The van der Waals surface area contributed by atoms with E-state index in [-0.39, 0.29) is 11.2 Å². The third-order valence-electron chi connectivity index (χ3n) is 7.82. The fourth-order valence-corrected chi connectivity index (χ4v) is 5.52. The maximum atomic E-state index is 13.4. The molecule has 0 radical (unpaired) electrons. The van der Waals surface area contributed by atoms with E-state index in [1.807, 2.05) is 50.2 Å². The first-order valence-electron chi connectivity index (χ1n) is 13.5. The molecule has 40 heavy (non-hydrogen) atoms. The summed E-state index contributed by atoms with van der Waals surface area (Å²) in [4.78, 5) is 35.7. The van der Waals surface area contributed by atoms with Crippen LogP contribution in [0.15, 0.2) is 81.3 Å². The summed E-state index contributed by atoms with van der Waals surface area (Å²) in [5, 5.41) is 3.19. The molecule has 9 heteroatoms. The Morgan fingerprint density at radius 1 is 0.775 bits per heavy atom. The van der Waals surface area contributed by atoms with Crippen LogP contribution in [0.2, 0.25) is 0 Å². The number of piperazine rings is 1. The highest BCUT2D eigenvalue weighted by molar-refractivity contribution is 5.91. The number of aromatic amines is 1. The number of H-pyrrole nitrogens is 1. The van der Waals surface area contributed by atoms with E-state index in [4.69, 9.17) is 4.99 Å². The Balaban J connectivity index is 1.39. The van der Waals surface area contributed by atoms with E-state index in [1.54, 1.807) is 34.1 Å². The topological polar surface area (TPSA) is 83.6 Å². The van der Waals surface area contributed by atoms with Crippen LogP contribution in [0.5, 0.6) is 0 Å². The smallest absolute Gasteiger partial charge is 0.328 e. The van der Waals surface area contributed by atoms with E-state index in [0.29, 0.717) is 5.56 Å². The molecule has 1 saturated heterocycles. The highest BCUT2D eigenvalue weighted by atomic mass is 16.1. The second-order valence-corrected chi connectivity index (χ2v) is 10.4. The van der Waals surface area contributed by atoms with Crippen molar-refractivity contribution in [1.29, 1.82) is 0 Å². The Hall–Kier alpha value is -4.79. The number of para-hydroxylation sites is 1. The van der Waals surface area contributed by atoms with Gasteiger partial charge in [-0.1, -0.05) is 30.3 Å². The molecule has 1 aliphatic rings. The molecule has 9 nitrogen and oxygen atoms in total. The quantitative estimate of drug-likeness (QED) is 0.344. The molecule has 1 fully saturated rings. The van der Waals surface area contributed by atoms with Crippen molar-refractivity contribution in [3.63, 3.8) is 0 Å². The molecule has 3 heterocycles. The minimum Gasteiger partial charge on any atom is -0.368 e. The van der Waals surface area contributed by atoms with Gasteiger partial charge in [-0.2, -0.15) is 0 Å². The first kappa shape index (κ1) is 25.5. The second-order valence-electron chi connectivity index (χ2n) is 10.4. The molecule has 6 rings (SSSR count). The Morgan fingerprint density at radius 2 is 1.43 bits per heavy atom. The Labute approximate surface area is 232 Å². The van der Waals surface area contributed by atoms with Gasteiger partial charge in [0.2, 0.25) is 0 Å². The van der Waals surface area contributed by atoms with E-state index in [2.05, 4.69) is 45.2 Å². The van der Waals surface area contributed by atoms with Gasteiger partial charge in [0.05, 0.1) is 33.7 Å². The molecule has 5 aromatic rings. The zero-order valence-electron chi connectivity index (χ0n) is 23.3. The number of hydrogen-bond donors (Lipinski definition) is 1. The third kappa shape index (κ3) is 4.43. The van der Waals surface area contributed by atoms with Gasteiger partial charge in [-0.3, -0.25) is 24.0 Å². The number of aliphatic imine (C=N–C) groups is 1. The average molecular weight is 536 g/mol. The summed E-state index contributed by atoms with van der Waals surface area (Å²) in [6, 6.07) is 22.3. The van der Waals surface area contributed by atoms with Crippen LogP contribution in [0, 0.1) is 13.8 Å². The molecule has 204 valence electrons. The summed E-state index contributed by atoms with van der Waals surface area (Å²) in [5.74, 6) is 0. The SMILES string of the molecule is Cc1cccc(-n2[nH]c(C)c(C=Nc3cc4c(cc3N3CCN(c5ccccc5)CC3)n(C)c(=O)n4C)c2=O)c1. The Bertz CT molecular complexity index is 1850. The Kier molecular flexibility index (Phi) is 6.42. The van der Waals surface area contributed by atoms with Crippen LogP contribution >= 0.6 is 0 Å².